The Hall–Kier alpha value is -2.54. The maximum atomic E-state index is 5.50. The van der Waals surface area contributed by atoms with Crippen LogP contribution >= 0.6 is 0 Å². The van der Waals surface area contributed by atoms with Crippen molar-refractivity contribution in [2.45, 2.75) is 25.9 Å². The third kappa shape index (κ3) is 4.72. The predicted octanol–water partition coefficient (Wildman–Crippen LogP) is 3.13. The molecule has 2 aromatic heterocycles. The molecule has 6 nitrogen and oxygen atoms in total. The lowest BCUT2D eigenvalue weighted by molar-refractivity contribution is -0.00966. The van der Waals surface area contributed by atoms with Crippen LogP contribution in [0.15, 0.2) is 61.1 Å². The highest BCUT2D eigenvalue weighted by atomic mass is 16.5. The summed E-state index contributed by atoms with van der Waals surface area (Å²) in [5.41, 5.74) is 4.39. The van der Waals surface area contributed by atoms with Crippen LogP contribution in [-0.2, 0) is 11.3 Å². The van der Waals surface area contributed by atoms with Crippen molar-refractivity contribution in [2.24, 2.45) is 0 Å². The average molecular weight is 392 g/mol. The van der Waals surface area contributed by atoms with Crippen molar-refractivity contribution >= 4 is 0 Å². The van der Waals surface area contributed by atoms with Crippen LogP contribution in [0.1, 0.15) is 19.4 Å². The van der Waals surface area contributed by atoms with Gasteiger partial charge in [-0.15, -0.1) is 0 Å². The fraction of sp³-hybridized carbons (Fsp3) is 0.391. The summed E-state index contributed by atoms with van der Waals surface area (Å²) in [7, 11) is 0. The van der Waals surface area contributed by atoms with Crippen molar-refractivity contribution in [3.05, 3.63) is 66.6 Å². The Morgan fingerprint density at radius 1 is 1.03 bits per heavy atom. The van der Waals surface area contributed by atoms with E-state index in [4.69, 9.17) is 9.84 Å². The van der Waals surface area contributed by atoms with Gasteiger partial charge in [0.1, 0.15) is 0 Å². The molecule has 0 radical (unpaired) electrons. The zero-order valence-corrected chi connectivity index (χ0v) is 17.2. The number of rotatable bonds is 7. The molecule has 1 aliphatic rings. The van der Waals surface area contributed by atoms with Crippen LogP contribution < -0.4 is 5.32 Å². The molecule has 0 saturated carbocycles. The molecule has 0 bridgehead atoms. The van der Waals surface area contributed by atoms with Crippen molar-refractivity contribution in [1.82, 2.24) is 25.0 Å². The zero-order valence-electron chi connectivity index (χ0n) is 17.2. The number of benzene rings is 1. The molecule has 6 heteroatoms. The molecule has 1 aromatic carbocycles. The van der Waals surface area contributed by atoms with Gasteiger partial charge in [0.05, 0.1) is 24.6 Å². The fourth-order valence-corrected chi connectivity index (χ4v) is 3.79. The van der Waals surface area contributed by atoms with E-state index in [-0.39, 0.29) is 5.54 Å². The lowest BCUT2D eigenvalue weighted by Crippen LogP contribution is -2.54. The Balaban J connectivity index is 1.52. The minimum atomic E-state index is 0.0794. The van der Waals surface area contributed by atoms with Gasteiger partial charge < -0.3 is 10.1 Å². The van der Waals surface area contributed by atoms with Crippen molar-refractivity contribution in [2.75, 3.05) is 32.8 Å². The van der Waals surface area contributed by atoms with Gasteiger partial charge in [0, 0.05) is 61.4 Å². The van der Waals surface area contributed by atoms with Crippen molar-refractivity contribution in [3.8, 4) is 16.9 Å². The van der Waals surface area contributed by atoms with E-state index in [0.29, 0.717) is 0 Å². The van der Waals surface area contributed by atoms with Crippen molar-refractivity contribution in [3.63, 3.8) is 0 Å². The van der Waals surface area contributed by atoms with Crippen LogP contribution in [0.2, 0.25) is 0 Å². The molecule has 0 amide bonds. The number of pyridine rings is 1. The molecule has 0 aliphatic carbocycles. The van der Waals surface area contributed by atoms with Gasteiger partial charge in [0.25, 0.3) is 0 Å². The predicted molar refractivity (Wildman–Crippen MR) is 115 cm³/mol. The minimum absolute atomic E-state index is 0.0794. The first-order chi connectivity index (χ1) is 14.1. The highest BCUT2D eigenvalue weighted by Crippen LogP contribution is 2.23. The topological polar surface area (TPSA) is 55.2 Å². The molecule has 1 saturated heterocycles. The molecule has 0 spiro atoms. The fourth-order valence-electron chi connectivity index (χ4n) is 3.79. The van der Waals surface area contributed by atoms with E-state index in [1.54, 1.807) is 0 Å². The molecule has 0 unspecified atom stereocenters. The van der Waals surface area contributed by atoms with E-state index in [1.165, 1.54) is 5.56 Å². The standard InChI is InChI=1S/C23H29N5O/c1-23(2,27-12-14-29-15-13-27)18-25-16-20-17-28(21-6-4-3-5-7-21)26-22(20)19-8-10-24-11-9-19/h3-11,17,25H,12-16,18H2,1-2H3. The lowest BCUT2D eigenvalue weighted by Gasteiger charge is -2.41. The minimum Gasteiger partial charge on any atom is -0.379 e. The van der Waals surface area contributed by atoms with Crippen LogP contribution in [0.25, 0.3) is 16.9 Å². The first kappa shape index (κ1) is 19.8. The second-order valence-corrected chi connectivity index (χ2v) is 8.03. The van der Waals surface area contributed by atoms with Crippen LogP contribution in [0.3, 0.4) is 0 Å². The third-order valence-corrected chi connectivity index (χ3v) is 5.50. The zero-order chi connectivity index (χ0) is 20.1. The average Bonchev–Trinajstić information content (AvgIpc) is 3.20. The Morgan fingerprint density at radius 2 is 1.76 bits per heavy atom. The molecule has 29 heavy (non-hydrogen) atoms. The second kappa shape index (κ2) is 8.86. The SMILES string of the molecule is CC(C)(CNCc1cn(-c2ccccc2)nc1-c1ccncc1)N1CCOCC1. The lowest BCUT2D eigenvalue weighted by atomic mass is 10.0. The molecule has 3 aromatic rings. The third-order valence-electron chi connectivity index (χ3n) is 5.50. The number of aromatic nitrogens is 3. The monoisotopic (exact) mass is 391 g/mol. The molecule has 152 valence electrons. The second-order valence-electron chi connectivity index (χ2n) is 8.03. The van der Waals surface area contributed by atoms with Crippen molar-refractivity contribution in [1.29, 1.82) is 0 Å². The molecular formula is C23H29N5O. The molecule has 1 N–H and O–H groups in total. The smallest absolute Gasteiger partial charge is 0.0973 e. The van der Waals surface area contributed by atoms with Crippen LogP contribution in [-0.4, -0.2) is 58.1 Å². The van der Waals surface area contributed by atoms with E-state index in [9.17, 15) is 0 Å². The number of nitrogens with one attached hydrogen (secondary N) is 1. The van der Waals surface area contributed by atoms with Gasteiger partial charge in [-0.3, -0.25) is 9.88 Å². The molecule has 4 rings (SSSR count). The Morgan fingerprint density at radius 3 is 2.48 bits per heavy atom. The van der Waals surface area contributed by atoms with Gasteiger partial charge in [0.2, 0.25) is 0 Å². The Kier molecular flexibility index (Phi) is 6.04. The summed E-state index contributed by atoms with van der Waals surface area (Å²) in [6.45, 7) is 9.87. The number of nitrogens with zero attached hydrogens (tertiary/aromatic N) is 4. The van der Waals surface area contributed by atoms with E-state index in [1.807, 2.05) is 47.4 Å². The van der Waals surface area contributed by atoms with E-state index >= 15 is 0 Å². The largest absolute Gasteiger partial charge is 0.379 e. The van der Waals surface area contributed by atoms with Crippen molar-refractivity contribution < 1.29 is 4.74 Å². The highest BCUT2D eigenvalue weighted by molar-refractivity contribution is 5.62. The highest BCUT2D eigenvalue weighted by Gasteiger charge is 2.27. The van der Waals surface area contributed by atoms with E-state index < -0.39 is 0 Å². The first-order valence-electron chi connectivity index (χ1n) is 10.2. The maximum Gasteiger partial charge on any atom is 0.0973 e. The van der Waals surface area contributed by atoms with Gasteiger partial charge in [-0.05, 0) is 38.1 Å². The van der Waals surface area contributed by atoms with Gasteiger partial charge in [0.15, 0.2) is 0 Å². The van der Waals surface area contributed by atoms with E-state index in [0.717, 1.165) is 56.3 Å². The summed E-state index contributed by atoms with van der Waals surface area (Å²) < 4.78 is 7.46. The molecule has 3 heterocycles. The number of hydrogen-bond acceptors (Lipinski definition) is 5. The van der Waals surface area contributed by atoms with Gasteiger partial charge in [-0.2, -0.15) is 5.10 Å². The van der Waals surface area contributed by atoms with Crippen LogP contribution in [0.5, 0.6) is 0 Å². The van der Waals surface area contributed by atoms with E-state index in [2.05, 4.69) is 47.4 Å². The van der Waals surface area contributed by atoms with Crippen LogP contribution in [0.4, 0.5) is 0 Å². The quantitative estimate of drug-likeness (QED) is 0.671. The molecule has 0 atom stereocenters. The molecular weight excluding hydrogens is 362 g/mol. The van der Waals surface area contributed by atoms with Crippen LogP contribution in [0, 0.1) is 0 Å². The van der Waals surface area contributed by atoms with Gasteiger partial charge in [-0.25, -0.2) is 4.68 Å². The van der Waals surface area contributed by atoms with Gasteiger partial charge >= 0.3 is 0 Å². The summed E-state index contributed by atoms with van der Waals surface area (Å²) in [6.07, 6.45) is 5.76. The first-order valence-corrected chi connectivity index (χ1v) is 10.2. The summed E-state index contributed by atoms with van der Waals surface area (Å²) >= 11 is 0. The normalized spacial score (nSPS) is 15.5. The number of para-hydroxylation sites is 1. The number of morpholine rings is 1. The summed E-state index contributed by atoms with van der Waals surface area (Å²) in [6, 6.07) is 14.3. The molecule has 1 fully saturated rings. The summed E-state index contributed by atoms with van der Waals surface area (Å²) in [5, 5.41) is 8.54. The summed E-state index contributed by atoms with van der Waals surface area (Å²) in [5.74, 6) is 0. The number of ether oxygens (including phenoxy) is 1. The van der Waals surface area contributed by atoms with Gasteiger partial charge in [-0.1, -0.05) is 18.2 Å². The summed E-state index contributed by atoms with van der Waals surface area (Å²) in [4.78, 5) is 6.65. The maximum absolute atomic E-state index is 5.50. The molecule has 1 aliphatic heterocycles. The number of hydrogen-bond donors (Lipinski definition) is 1. The Labute approximate surface area is 172 Å². The Bertz CT molecular complexity index is 902.